The van der Waals surface area contributed by atoms with Crippen LogP contribution in [0, 0.1) is 13.8 Å². The van der Waals surface area contributed by atoms with Gasteiger partial charge in [-0.2, -0.15) is 0 Å². The van der Waals surface area contributed by atoms with E-state index < -0.39 is 10.7 Å². The van der Waals surface area contributed by atoms with E-state index in [1.165, 1.54) is 17.3 Å². The molecule has 0 aliphatic rings. The van der Waals surface area contributed by atoms with Crippen molar-refractivity contribution in [3.05, 3.63) is 29.3 Å². The van der Waals surface area contributed by atoms with E-state index in [0.29, 0.717) is 6.42 Å². The van der Waals surface area contributed by atoms with Gasteiger partial charge in [0, 0.05) is 4.90 Å². The lowest BCUT2D eigenvalue weighted by molar-refractivity contribution is -0.139. The fourth-order valence-corrected chi connectivity index (χ4v) is 2.50. The number of aliphatic carboxylic acids is 1. The van der Waals surface area contributed by atoms with Crippen LogP contribution in [0.1, 0.15) is 31.4 Å². The lowest BCUT2D eigenvalue weighted by Gasteiger charge is -2.23. The van der Waals surface area contributed by atoms with Crippen molar-refractivity contribution in [2.45, 2.75) is 43.8 Å². The third-order valence-corrected chi connectivity index (χ3v) is 4.38. The number of thioether (sulfide) groups is 1. The van der Waals surface area contributed by atoms with Crippen LogP contribution in [-0.4, -0.2) is 15.8 Å². The van der Waals surface area contributed by atoms with Crippen LogP contribution >= 0.6 is 11.8 Å². The van der Waals surface area contributed by atoms with E-state index in [1.54, 1.807) is 6.92 Å². The van der Waals surface area contributed by atoms with Gasteiger partial charge in [0.1, 0.15) is 4.75 Å². The Balaban J connectivity index is 2.99. The van der Waals surface area contributed by atoms with Gasteiger partial charge in [-0.25, -0.2) is 0 Å². The maximum Gasteiger partial charge on any atom is 0.319 e. The van der Waals surface area contributed by atoms with Crippen molar-refractivity contribution in [2.24, 2.45) is 0 Å². The molecule has 1 rings (SSSR count). The molecule has 0 bridgehead atoms. The minimum Gasteiger partial charge on any atom is -0.480 e. The van der Waals surface area contributed by atoms with Crippen LogP contribution in [0.25, 0.3) is 0 Å². The van der Waals surface area contributed by atoms with Gasteiger partial charge in [0.2, 0.25) is 0 Å². The molecule has 16 heavy (non-hydrogen) atoms. The van der Waals surface area contributed by atoms with Gasteiger partial charge in [-0.3, -0.25) is 4.79 Å². The van der Waals surface area contributed by atoms with Crippen LogP contribution in [0.5, 0.6) is 0 Å². The predicted molar refractivity (Wildman–Crippen MR) is 68.1 cm³/mol. The minimum atomic E-state index is -0.750. The van der Waals surface area contributed by atoms with E-state index >= 15 is 0 Å². The molecule has 1 N–H and O–H groups in total. The van der Waals surface area contributed by atoms with Crippen LogP contribution in [0.3, 0.4) is 0 Å². The van der Waals surface area contributed by atoms with Gasteiger partial charge in [0.15, 0.2) is 0 Å². The van der Waals surface area contributed by atoms with Crippen molar-refractivity contribution < 1.29 is 9.90 Å². The molecule has 1 aromatic rings. The first-order valence-electron chi connectivity index (χ1n) is 5.38. The number of aryl methyl sites for hydroxylation is 2. The molecule has 88 valence electrons. The summed E-state index contributed by atoms with van der Waals surface area (Å²) in [6, 6.07) is 6.11. The smallest absolute Gasteiger partial charge is 0.319 e. The van der Waals surface area contributed by atoms with Gasteiger partial charge in [0.05, 0.1) is 0 Å². The standard InChI is InChI=1S/C13H18O2S/c1-5-13(4,12(14)15)16-11-7-6-9(2)8-10(11)3/h6-8H,5H2,1-4H3,(H,14,15). The molecule has 2 nitrogen and oxygen atoms in total. The average Bonchev–Trinajstić information content (AvgIpc) is 2.22. The van der Waals surface area contributed by atoms with Gasteiger partial charge < -0.3 is 5.11 Å². The first-order chi connectivity index (χ1) is 7.39. The Morgan fingerprint density at radius 2 is 2.06 bits per heavy atom. The third-order valence-electron chi connectivity index (χ3n) is 2.79. The third kappa shape index (κ3) is 2.79. The van der Waals surface area contributed by atoms with Crippen molar-refractivity contribution in [3.63, 3.8) is 0 Å². The molecule has 0 heterocycles. The quantitative estimate of drug-likeness (QED) is 0.814. The van der Waals surface area contributed by atoms with E-state index in [2.05, 4.69) is 6.07 Å². The number of hydrogen-bond donors (Lipinski definition) is 1. The van der Waals surface area contributed by atoms with Crippen LogP contribution < -0.4 is 0 Å². The molecule has 0 aliphatic carbocycles. The summed E-state index contributed by atoms with van der Waals surface area (Å²) in [5.41, 5.74) is 2.35. The number of carboxylic acid groups (broad SMARTS) is 1. The van der Waals surface area contributed by atoms with Gasteiger partial charge in [-0.15, -0.1) is 11.8 Å². The molecule has 0 saturated heterocycles. The first-order valence-corrected chi connectivity index (χ1v) is 6.20. The van der Waals surface area contributed by atoms with Gasteiger partial charge in [-0.1, -0.05) is 24.6 Å². The van der Waals surface area contributed by atoms with Crippen LogP contribution in [0.15, 0.2) is 23.1 Å². The predicted octanol–water partition coefficient (Wildman–Crippen LogP) is 3.65. The Labute approximate surface area is 101 Å². The maximum absolute atomic E-state index is 11.2. The minimum absolute atomic E-state index is 0.611. The van der Waals surface area contributed by atoms with Crippen LogP contribution in [-0.2, 0) is 4.79 Å². The first kappa shape index (κ1) is 13.1. The highest BCUT2D eigenvalue weighted by Gasteiger charge is 2.32. The molecule has 1 atom stereocenters. The lowest BCUT2D eigenvalue weighted by atomic mass is 10.1. The summed E-state index contributed by atoms with van der Waals surface area (Å²) in [7, 11) is 0. The summed E-state index contributed by atoms with van der Waals surface area (Å²) in [5.74, 6) is -0.750. The fourth-order valence-electron chi connectivity index (χ4n) is 1.42. The molecule has 1 aromatic carbocycles. The van der Waals surface area contributed by atoms with E-state index in [4.69, 9.17) is 0 Å². The zero-order chi connectivity index (χ0) is 12.3. The Kier molecular flexibility index (Phi) is 4.03. The van der Waals surface area contributed by atoms with E-state index in [-0.39, 0.29) is 0 Å². The second kappa shape index (κ2) is 4.91. The van der Waals surface area contributed by atoms with E-state index in [0.717, 1.165) is 10.5 Å². The Morgan fingerprint density at radius 1 is 1.44 bits per heavy atom. The topological polar surface area (TPSA) is 37.3 Å². The zero-order valence-corrected chi connectivity index (χ0v) is 11.0. The average molecular weight is 238 g/mol. The molecule has 1 unspecified atom stereocenters. The number of carboxylic acids is 1. The monoisotopic (exact) mass is 238 g/mol. The van der Waals surface area contributed by atoms with Crippen molar-refractivity contribution in [1.82, 2.24) is 0 Å². The molecule has 0 aliphatic heterocycles. The summed E-state index contributed by atoms with van der Waals surface area (Å²) in [5, 5.41) is 9.22. The molecule has 0 spiro atoms. The molecule has 0 aromatic heterocycles. The lowest BCUT2D eigenvalue weighted by Crippen LogP contribution is -2.30. The second-order valence-electron chi connectivity index (χ2n) is 4.26. The van der Waals surface area contributed by atoms with Crippen molar-refractivity contribution >= 4 is 17.7 Å². The summed E-state index contributed by atoms with van der Waals surface area (Å²) >= 11 is 1.43. The summed E-state index contributed by atoms with van der Waals surface area (Å²) in [6.07, 6.45) is 0.611. The fraction of sp³-hybridized carbons (Fsp3) is 0.462. The number of benzene rings is 1. The normalized spacial score (nSPS) is 14.5. The van der Waals surface area contributed by atoms with Gasteiger partial charge in [-0.05, 0) is 38.8 Å². The molecule has 0 amide bonds. The van der Waals surface area contributed by atoms with E-state index in [9.17, 15) is 9.90 Å². The highest BCUT2D eigenvalue weighted by atomic mass is 32.2. The van der Waals surface area contributed by atoms with Crippen molar-refractivity contribution in [1.29, 1.82) is 0 Å². The maximum atomic E-state index is 11.2. The Morgan fingerprint density at radius 3 is 2.50 bits per heavy atom. The highest BCUT2D eigenvalue weighted by molar-refractivity contribution is 8.01. The number of carbonyl (C=O) groups is 1. The molecule has 0 radical (unpaired) electrons. The largest absolute Gasteiger partial charge is 0.480 e. The second-order valence-corrected chi connectivity index (χ2v) is 5.81. The molecular formula is C13H18O2S. The molecular weight excluding hydrogens is 220 g/mol. The SMILES string of the molecule is CCC(C)(Sc1ccc(C)cc1C)C(=O)O. The van der Waals surface area contributed by atoms with Crippen molar-refractivity contribution in [2.75, 3.05) is 0 Å². The molecule has 0 fully saturated rings. The van der Waals surface area contributed by atoms with Gasteiger partial charge >= 0.3 is 5.97 Å². The zero-order valence-electron chi connectivity index (χ0n) is 10.2. The summed E-state index contributed by atoms with van der Waals surface area (Å²) in [6.45, 7) is 7.74. The summed E-state index contributed by atoms with van der Waals surface area (Å²) < 4.78 is -0.736. The number of hydrogen-bond acceptors (Lipinski definition) is 2. The van der Waals surface area contributed by atoms with Crippen LogP contribution in [0.2, 0.25) is 0 Å². The number of rotatable bonds is 4. The Bertz CT molecular complexity index is 401. The summed E-state index contributed by atoms with van der Waals surface area (Å²) in [4.78, 5) is 12.3. The van der Waals surface area contributed by atoms with Crippen molar-refractivity contribution in [3.8, 4) is 0 Å². The van der Waals surface area contributed by atoms with Crippen LogP contribution in [0.4, 0.5) is 0 Å². The van der Waals surface area contributed by atoms with E-state index in [1.807, 2.05) is 32.9 Å². The highest BCUT2D eigenvalue weighted by Crippen LogP contribution is 2.37. The molecule has 3 heteroatoms. The Hall–Kier alpha value is -0.960. The van der Waals surface area contributed by atoms with Gasteiger partial charge in [0.25, 0.3) is 0 Å². The molecule has 0 saturated carbocycles.